The quantitative estimate of drug-likeness (QED) is 0.901. The molecule has 1 aliphatic rings. The number of hydrogen-bond donors (Lipinski definition) is 1. The monoisotopic (exact) mass is 353 g/mol. The van der Waals surface area contributed by atoms with Crippen LogP contribution in [0.3, 0.4) is 0 Å². The molecule has 1 heterocycles. The van der Waals surface area contributed by atoms with E-state index in [1.54, 1.807) is 38.2 Å². The second-order valence-corrected chi connectivity index (χ2v) is 8.07. The van der Waals surface area contributed by atoms with Crippen LogP contribution in [0.1, 0.15) is 43.0 Å². The molecule has 23 heavy (non-hydrogen) atoms. The molecule has 1 N–H and O–H groups in total. The van der Waals surface area contributed by atoms with Crippen LogP contribution in [-0.4, -0.2) is 18.2 Å². The van der Waals surface area contributed by atoms with Crippen LogP contribution in [0.25, 0.3) is 0 Å². The van der Waals surface area contributed by atoms with Gasteiger partial charge in [-0.25, -0.2) is 8.42 Å². The summed E-state index contributed by atoms with van der Waals surface area (Å²) in [5.74, 6) is 0. The first kappa shape index (κ1) is 16.3. The normalized spacial score (nSPS) is 16.0. The molecule has 1 aromatic heterocycles. The number of benzene rings is 1. The Balaban J connectivity index is 1.92. The fourth-order valence-electron chi connectivity index (χ4n) is 3.00. The lowest BCUT2D eigenvalue weighted by atomic mass is 10.2. The van der Waals surface area contributed by atoms with Crippen LogP contribution >= 0.6 is 11.6 Å². The van der Waals surface area contributed by atoms with Crippen LogP contribution in [0.4, 0.5) is 5.69 Å². The minimum Gasteiger partial charge on any atom is -0.279 e. The fraction of sp³-hybridized carbons (Fsp3) is 0.438. The Bertz CT molecular complexity index is 824. The Morgan fingerprint density at radius 3 is 2.65 bits per heavy atom. The van der Waals surface area contributed by atoms with E-state index in [-0.39, 0.29) is 4.90 Å². The van der Waals surface area contributed by atoms with Crippen molar-refractivity contribution in [3.63, 3.8) is 0 Å². The van der Waals surface area contributed by atoms with Crippen molar-refractivity contribution in [1.29, 1.82) is 0 Å². The number of anilines is 1. The van der Waals surface area contributed by atoms with Gasteiger partial charge in [-0.3, -0.25) is 9.40 Å². The molecule has 0 aliphatic heterocycles. The van der Waals surface area contributed by atoms with E-state index in [1.165, 1.54) is 12.8 Å². The third kappa shape index (κ3) is 3.23. The van der Waals surface area contributed by atoms with Gasteiger partial charge in [0.15, 0.2) is 0 Å². The van der Waals surface area contributed by atoms with Crippen LogP contribution < -0.4 is 4.72 Å². The summed E-state index contributed by atoms with van der Waals surface area (Å²) >= 11 is 6.06. The van der Waals surface area contributed by atoms with Crippen LogP contribution in [0.5, 0.6) is 0 Å². The molecule has 0 saturated heterocycles. The van der Waals surface area contributed by atoms with Crippen LogP contribution in [-0.2, 0) is 10.0 Å². The number of halogens is 1. The fourth-order valence-corrected chi connectivity index (χ4v) is 4.47. The van der Waals surface area contributed by atoms with Gasteiger partial charge in [-0.2, -0.15) is 5.10 Å². The minimum atomic E-state index is -3.68. The molecular formula is C16H20ClN3O2S. The molecule has 2 aromatic rings. The number of sulfonamides is 1. The largest absolute Gasteiger partial charge is 0.279 e. The van der Waals surface area contributed by atoms with Gasteiger partial charge in [0, 0.05) is 11.2 Å². The van der Waals surface area contributed by atoms with Crippen molar-refractivity contribution in [1.82, 2.24) is 9.78 Å². The first-order chi connectivity index (χ1) is 10.9. The Labute approximate surface area is 141 Å². The summed E-state index contributed by atoms with van der Waals surface area (Å²) in [5, 5.41) is 4.94. The van der Waals surface area contributed by atoms with E-state index in [4.69, 9.17) is 11.6 Å². The summed E-state index contributed by atoms with van der Waals surface area (Å²) in [6.07, 6.45) is 6.10. The average Bonchev–Trinajstić information content (AvgIpc) is 3.13. The second-order valence-electron chi connectivity index (χ2n) is 6.01. The molecule has 3 rings (SSSR count). The number of nitrogens with one attached hydrogen (secondary N) is 1. The summed E-state index contributed by atoms with van der Waals surface area (Å²) in [7, 11) is -3.68. The van der Waals surface area contributed by atoms with Gasteiger partial charge >= 0.3 is 0 Å². The van der Waals surface area contributed by atoms with Gasteiger partial charge in [0.2, 0.25) is 0 Å². The van der Waals surface area contributed by atoms with Crippen molar-refractivity contribution >= 4 is 27.3 Å². The first-order valence-corrected chi connectivity index (χ1v) is 9.58. The van der Waals surface area contributed by atoms with Crippen molar-refractivity contribution in [2.75, 3.05) is 4.72 Å². The molecule has 1 fully saturated rings. The zero-order valence-electron chi connectivity index (χ0n) is 13.2. The zero-order valence-corrected chi connectivity index (χ0v) is 14.8. The number of aryl methyl sites for hydroxylation is 1. The third-order valence-electron chi connectivity index (χ3n) is 4.37. The summed E-state index contributed by atoms with van der Waals surface area (Å²) in [6.45, 7) is 3.51. The highest BCUT2D eigenvalue weighted by Crippen LogP contribution is 2.31. The van der Waals surface area contributed by atoms with Crippen molar-refractivity contribution in [2.45, 2.75) is 50.5 Å². The lowest BCUT2D eigenvalue weighted by molar-refractivity contribution is 0.464. The summed E-state index contributed by atoms with van der Waals surface area (Å²) in [4.78, 5) is 0.226. The topological polar surface area (TPSA) is 64.0 Å². The maximum absolute atomic E-state index is 12.7. The minimum absolute atomic E-state index is 0.226. The lowest BCUT2D eigenvalue weighted by Gasteiger charge is -2.11. The summed E-state index contributed by atoms with van der Waals surface area (Å²) in [6, 6.07) is 5.47. The van der Waals surface area contributed by atoms with Gasteiger partial charge < -0.3 is 0 Å². The standard InChI is InChI=1S/C16H20ClN3O2S/c1-11-14(17)8-5-9-15(11)19-23(21,22)16-10-20(18-12(16)2)13-6-3-4-7-13/h5,8-10,13,19H,3-4,6-7H2,1-2H3. The molecule has 0 bridgehead atoms. The van der Waals surface area contributed by atoms with Crippen LogP contribution in [0, 0.1) is 13.8 Å². The van der Waals surface area contributed by atoms with Gasteiger partial charge in [0.05, 0.1) is 17.4 Å². The number of nitrogens with zero attached hydrogens (tertiary/aromatic N) is 2. The Kier molecular flexibility index (Phi) is 4.38. The number of aromatic nitrogens is 2. The molecule has 124 valence electrons. The second kappa shape index (κ2) is 6.17. The van der Waals surface area contributed by atoms with E-state index in [0.29, 0.717) is 28.0 Å². The molecule has 0 atom stereocenters. The highest BCUT2D eigenvalue weighted by molar-refractivity contribution is 7.92. The molecule has 5 nitrogen and oxygen atoms in total. The number of rotatable bonds is 4. The van der Waals surface area contributed by atoms with E-state index in [2.05, 4.69) is 9.82 Å². The molecule has 7 heteroatoms. The highest BCUT2D eigenvalue weighted by Gasteiger charge is 2.25. The molecular weight excluding hydrogens is 334 g/mol. The zero-order chi connectivity index (χ0) is 16.6. The van der Waals surface area contributed by atoms with E-state index in [1.807, 2.05) is 4.68 Å². The van der Waals surface area contributed by atoms with Gasteiger partial charge in [0.1, 0.15) is 4.90 Å². The molecule has 0 spiro atoms. The van der Waals surface area contributed by atoms with Gasteiger partial charge in [0.25, 0.3) is 10.0 Å². The van der Waals surface area contributed by atoms with Crippen molar-refractivity contribution < 1.29 is 8.42 Å². The summed E-state index contributed by atoms with van der Waals surface area (Å²) in [5.41, 5.74) is 1.72. The Morgan fingerprint density at radius 2 is 1.96 bits per heavy atom. The SMILES string of the molecule is Cc1nn(C2CCCC2)cc1S(=O)(=O)Nc1cccc(Cl)c1C. The maximum Gasteiger partial charge on any atom is 0.265 e. The van der Waals surface area contributed by atoms with E-state index < -0.39 is 10.0 Å². The molecule has 0 radical (unpaired) electrons. The van der Waals surface area contributed by atoms with E-state index in [9.17, 15) is 8.42 Å². The Morgan fingerprint density at radius 1 is 1.26 bits per heavy atom. The molecule has 1 saturated carbocycles. The smallest absolute Gasteiger partial charge is 0.265 e. The first-order valence-electron chi connectivity index (χ1n) is 7.72. The third-order valence-corrected chi connectivity index (χ3v) is 6.25. The van der Waals surface area contributed by atoms with Crippen LogP contribution in [0.15, 0.2) is 29.3 Å². The van der Waals surface area contributed by atoms with Crippen molar-refractivity contribution in [3.8, 4) is 0 Å². The average molecular weight is 354 g/mol. The molecule has 0 unspecified atom stereocenters. The molecule has 0 amide bonds. The van der Waals surface area contributed by atoms with Crippen molar-refractivity contribution in [3.05, 3.63) is 40.7 Å². The number of hydrogen-bond acceptors (Lipinski definition) is 3. The van der Waals surface area contributed by atoms with Crippen LogP contribution in [0.2, 0.25) is 5.02 Å². The van der Waals surface area contributed by atoms with Gasteiger partial charge in [-0.15, -0.1) is 0 Å². The highest BCUT2D eigenvalue weighted by atomic mass is 35.5. The van der Waals surface area contributed by atoms with Crippen molar-refractivity contribution in [2.24, 2.45) is 0 Å². The summed E-state index contributed by atoms with van der Waals surface area (Å²) < 4.78 is 29.8. The van der Waals surface area contributed by atoms with E-state index in [0.717, 1.165) is 12.8 Å². The van der Waals surface area contributed by atoms with Gasteiger partial charge in [-0.1, -0.05) is 30.5 Å². The maximum atomic E-state index is 12.7. The van der Waals surface area contributed by atoms with E-state index >= 15 is 0 Å². The van der Waals surface area contributed by atoms with Gasteiger partial charge in [-0.05, 0) is 44.4 Å². The lowest BCUT2D eigenvalue weighted by Crippen LogP contribution is -2.14. The predicted octanol–water partition coefficient (Wildman–Crippen LogP) is 4.07. The molecule has 1 aliphatic carbocycles. The predicted molar refractivity (Wildman–Crippen MR) is 91.5 cm³/mol. The Hall–Kier alpha value is -1.53. The molecule has 1 aromatic carbocycles.